The Morgan fingerprint density at radius 3 is 2.79 bits per heavy atom. The normalized spacial score (nSPS) is 15.9. The molecule has 1 amide bonds. The molecular weight excluding hydrogens is 265 g/mol. The maximum atomic E-state index is 13.6. The Bertz CT molecular complexity index is 475. The van der Waals surface area contributed by atoms with Gasteiger partial charge in [0.2, 0.25) is 5.91 Å². The van der Waals surface area contributed by atoms with Gasteiger partial charge in [-0.05, 0) is 43.1 Å². The topological polar surface area (TPSA) is 38.3 Å². The summed E-state index contributed by atoms with van der Waals surface area (Å²) in [6, 6.07) is 4.45. The molecule has 0 saturated heterocycles. The molecule has 1 aromatic rings. The number of amides is 1. The third-order valence-corrected chi connectivity index (χ3v) is 4.01. The van der Waals surface area contributed by atoms with Gasteiger partial charge in [-0.15, -0.1) is 0 Å². The third kappa shape index (κ3) is 3.62. The Kier molecular flexibility index (Phi) is 4.34. The van der Waals surface area contributed by atoms with Crippen molar-refractivity contribution in [2.75, 3.05) is 17.7 Å². The number of anilines is 1. The Labute approximate surface area is 117 Å². The lowest BCUT2D eigenvalue weighted by molar-refractivity contribution is -0.117. The predicted molar refractivity (Wildman–Crippen MR) is 76.3 cm³/mol. The predicted octanol–water partition coefficient (Wildman–Crippen LogP) is 3.26. The molecule has 0 spiro atoms. The van der Waals surface area contributed by atoms with Gasteiger partial charge in [0.1, 0.15) is 0 Å². The van der Waals surface area contributed by atoms with Crippen LogP contribution in [0.5, 0.6) is 5.75 Å². The third-order valence-electron chi connectivity index (χ3n) is 3.34. The van der Waals surface area contributed by atoms with Crippen LogP contribution in [0.15, 0.2) is 18.2 Å². The minimum Gasteiger partial charge on any atom is -0.491 e. The molecule has 5 heteroatoms. The molecule has 1 fully saturated rings. The highest BCUT2D eigenvalue weighted by Gasteiger charge is 2.42. The molecule has 3 nitrogen and oxygen atoms in total. The summed E-state index contributed by atoms with van der Waals surface area (Å²) in [7, 11) is 0. The Balaban J connectivity index is 1.95. The van der Waals surface area contributed by atoms with Crippen molar-refractivity contribution in [3.63, 3.8) is 0 Å². The number of carbonyl (C=O) groups is 1. The molecule has 19 heavy (non-hydrogen) atoms. The summed E-state index contributed by atoms with van der Waals surface area (Å²) >= 11 is 4.26. The highest BCUT2D eigenvalue weighted by molar-refractivity contribution is 7.80. The molecule has 0 atom stereocenters. The maximum Gasteiger partial charge on any atom is 0.224 e. The molecule has 0 aromatic heterocycles. The molecule has 1 saturated carbocycles. The van der Waals surface area contributed by atoms with Crippen molar-refractivity contribution in [2.45, 2.75) is 26.2 Å². The van der Waals surface area contributed by atoms with Gasteiger partial charge in [-0.1, -0.05) is 0 Å². The largest absolute Gasteiger partial charge is 0.491 e. The number of nitrogens with one attached hydrogen (secondary N) is 1. The minimum atomic E-state index is -0.463. The van der Waals surface area contributed by atoms with Crippen LogP contribution in [0.25, 0.3) is 0 Å². The molecule has 0 heterocycles. The second-order valence-corrected chi connectivity index (χ2v) is 5.28. The van der Waals surface area contributed by atoms with Crippen LogP contribution in [0.3, 0.4) is 0 Å². The number of ether oxygens (including phenoxy) is 1. The van der Waals surface area contributed by atoms with Crippen LogP contribution < -0.4 is 10.1 Å². The van der Waals surface area contributed by atoms with Crippen LogP contribution in [0, 0.1) is 11.2 Å². The lowest BCUT2D eigenvalue weighted by Gasteiger charge is -2.12. The second-order valence-electron chi connectivity index (χ2n) is 4.96. The first-order valence-electron chi connectivity index (χ1n) is 6.42. The van der Waals surface area contributed by atoms with Crippen molar-refractivity contribution < 1.29 is 13.9 Å². The van der Waals surface area contributed by atoms with Gasteiger partial charge in [-0.2, -0.15) is 12.6 Å². The summed E-state index contributed by atoms with van der Waals surface area (Å²) in [6.45, 7) is 2.20. The number of hydrogen-bond acceptors (Lipinski definition) is 3. The van der Waals surface area contributed by atoms with E-state index in [1.807, 2.05) is 0 Å². The van der Waals surface area contributed by atoms with Gasteiger partial charge in [-0.3, -0.25) is 4.79 Å². The van der Waals surface area contributed by atoms with Crippen molar-refractivity contribution in [3.05, 3.63) is 24.0 Å². The quantitative estimate of drug-likeness (QED) is 0.786. The average molecular weight is 283 g/mol. The van der Waals surface area contributed by atoms with E-state index in [1.165, 1.54) is 12.1 Å². The van der Waals surface area contributed by atoms with Crippen LogP contribution in [0.1, 0.15) is 26.2 Å². The number of rotatable bonds is 6. The van der Waals surface area contributed by atoms with Crippen LogP contribution >= 0.6 is 12.6 Å². The molecule has 0 aliphatic heterocycles. The SMILES string of the molecule is CCOc1ccc(NC(=O)CC2(CS)CC2)cc1F. The van der Waals surface area contributed by atoms with Crippen LogP contribution in [-0.4, -0.2) is 18.3 Å². The lowest BCUT2D eigenvalue weighted by atomic mass is 10.1. The molecule has 1 aliphatic carbocycles. The van der Waals surface area contributed by atoms with E-state index in [9.17, 15) is 9.18 Å². The summed E-state index contributed by atoms with van der Waals surface area (Å²) in [4.78, 5) is 11.9. The van der Waals surface area contributed by atoms with E-state index >= 15 is 0 Å². The van der Waals surface area contributed by atoms with Gasteiger partial charge in [0.05, 0.1) is 6.61 Å². The Morgan fingerprint density at radius 1 is 1.53 bits per heavy atom. The molecule has 0 radical (unpaired) electrons. The zero-order valence-electron chi connectivity index (χ0n) is 10.9. The minimum absolute atomic E-state index is 0.0665. The summed E-state index contributed by atoms with van der Waals surface area (Å²) in [5.41, 5.74) is 0.526. The van der Waals surface area contributed by atoms with Crippen molar-refractivity contribution in [3.8, 4) is 5.75 Å². The maximum absolute atomic E-state index is 13.6. The number of hydrogen-bond donors (Lipinski definition) is 2. The molecule has 104 valence electrons. The number of halogens is 1. The van der Waals surface area contributed by atoms with Crippen molar-refractivity contribution in [1.29, 1.82) is 0 Å². The fraction of sp³-hybridized carbons (Fsp3) is 0.500. The Morgan fingerprint density at radius 2 is 2.26 bits per heavy atom. The molecular formula is C14H18FNO2S. The van der Waals surface area contributed by atoms with E-state index in [0.717, 1.165) is 18.6 Å². The van der Waals surface area contributed by atoms with Crippen molar-refractivity contribution in [2.24, 2.45) is 5.41 Å². The average Bonchev–Trinajstić information content (AvgIpc) is 3.13. The molecule has 0 bridgehead atoms. The van der Waals surface area contributed by atoms with E-state index in [4.69, 9.17) is 4.74 Å². The first-order chi connectivity index (χ1) is 9.08. The number of carbonyl (C=O) groups excluding carboxylic acids is 1. The lowest BCUT2D eigenvalue weighted by Crippen LogP contribution is -2.18. The van der Waals surface area contributed by atoms with Gasteiger partial charge >= 0.3 is 0 Å². The smallest absolute Gasteiger partial charge is 0.224 e. The zero-order valence-corrected chi connectivity index (χ0v) is 11.8. The molecule has 2 rings (SSSR count). The van der Waals surface area contributed by atoms with Crippen molar-refractivity contribution >= 4 is 24.2 Å². The fourth-order valence-corrected chi connectivity index (χ4v) is 2.39. The van der Waals surface area contributed by atoms with E-state index in [-0.39, 0.29) is 17.1 Å². The van der Waals surface area contributed by atoms with Crippen LogP contribution in [-0.2, 0) is 4.79 Å². The number of benzene rings is 1. The van der Waals surface area contributed by atoms with E-state index in [2.05, 4.69) is 17.9 Å². The Hall–Kier alpha value is -1.23. The first kappa shape index (κ1) is 14.2. The number of thiol groups is 1. The first-order valence-corrected chi connectivity index (χ1v) is 7.05. The summed E-state index contributed by atoms with van der Waals surface area (Å²) in [6.07, 6.45) is 2.54. The van der Waals surface area contributed by atoms with E-state index in [1.54, 1.807) is 13.0 Å². The standard InChI is InChI=1S/C14H18FNO2S/c1-2-18-12-4-3-10(7-11(12)15)16-13(17)8-14(9-19)5-6-14/h3-4,7,19H,2,5-6,8-9H2,1H3,(H,16,17). The van der Waals surface area contributed by atoms with E-state index in [0.29, 0.717) is 18.7 Å². The van der Waals surface area contributed by atoms with Gasteiger partial charge in [0.25, 0.3) is 0 Å². The monoisotopic (exact) mass is 283 g/mol. The molecule has 1 N–H and O–H groups in total. The van der Waals surface area contributed by atoms with Crippen molar-refractivity contribution in [1.82, 2.24) is 0 Å². The zero-order chi connectivity index (χ0) is 13.9. The highest BCUT2D eigenvalue weighted by atomic mass is 32.1. The van der Waals surface area contributed by atoms with Gasteiger partial charge in [0.15, 0.2) is 11.6 Å². The van der Waals surface area contributed by atoms with Crippen LogP contribution in [0.4, 0.5) is 10.1 Å². The summed E-state index contributed by atoms with van der Waals surface area (Å²) in [5.74, 6) is 0.373. The molecule has 1 aliphatic rings. The molecule has 1 aromatic carbocycles. The summed E-state index contributed by atoms with van der Waals surface area (Å²) < 4.78 is 18.7. The molecule has 0 unspecified atom stereocenters. The summed E-state index contributed by atoms with van der Waals surface area (Å²) in [5, 5.41) is 2.71. The van der Waals surface area contributed by atoms with Crippen LogP contribution in [0.2, 0.25) is 0 Å². The van der Waals surface area contributed by atoms with Gasteiger partial charge in [0, 0.05) is 18.2 Å². The highest BCUT2D eigenvalue weighted by Crippen LogP contribution is 2.49. The van der Waals surface area contributed by atoms with Gasteiger partial charge < -0.3 is 10.1 Å². The second kappa shape index (κ2) is 5.82. The van der Waals surface area contributed by atoms with E-state index < -0.39 is 5.82 Å². The van der Waals surface area contributed by atoms with Gasteiger partial charge in [-0.25, -0.2) is 4.39 Å². The fourth-order valence-electron chi connectivity index (χ4n) is 1.96.